The summed E-state index contributed by atoms with van der Waals surface area (Å²) in [6.07, 6.45) is 3.15. The summed E-state index contributed by atoms with van der Waals surface area (Å²) < 4.78 is 4.67. The first kappa shape index (κ1) is 13.4. The zero-order valence-electron chi connectivity index (χ0n) is 9.19. The average Bonchev–Trinajstić information content (AvgIpc) is 2.32. The van der Waals surface area contributed by atoms with Crippen molar-refractivity contribution in [3.63, 3.8) is 0 Å². The van der Waals surface area contributed by atoms with Crippen LogP contribution >= 0.6 is 0 Å². The molecule has 0 saturated heterocycles. The molecule has 0 aliphatic rings. The van der Waals surface area contributed by atoms with Crippen LogP contribution in [-0.2, 0) is 9.53 Å². The molecular weight excluding hydrogens is 188 g/mol. The van der Waals surface area contributed by atoms with Crippen LogP contribution in [0.15, 0.2) is 49.1 Å². The second kappa shape index (κ2) is 10.5. The molecule has 1 rings (SSSR count). The maximum absolute atomic E-state index is 10.3. The Balaban J connectivity index is 0.000000280. The van der Waals surface area contributed by atoms with Crippen LogP contribution in [0.3, 0.4) is 0 Å². The Morgan fingerprint density at radius 3 is 2.00 bits per heavy atom. The van der Waals surface area contributed by atoms with E-state index in [0.717, 1.165) is 12.8 Å². The first-order valence-corrected chi connectivity index (χ1v) is 5.10. The predicted octanol–water partition coefficient (Wildman–Crippen LogP) is 3.20. The highest BCUT2D eigenvalue weighted by Crippen LogP contribution is 1.88. The molecule has 82 valence electrons. The van der Waals surface area contributed by atoms with E-state index < -0.39 is 0 Å². The summed E-state index contributed by atoms with van der Waals surface area (Å²) in [5.41, 5.74) is 0. The Morgan fingerprint density at radius 2 is 1.67 bits per heavy atom. The van der Waals surface area contributed by atoms with Crippen molar-refractivity contribution < 1.29 is 9.53 Å². The van der Waals surface area contributed by atoms with E-state index in [1.807, 2.05) is 43.3 Å². The molecule has 0 aromatic heterocycles. The number of carbonyl (C=O) groups is 1. The lowest BCUT2D eigenvalue weighted by Crippen LogP contribution is -2.00. The maximum atomic E-state index is 10.3. The van der Waals surface area contributed by atoms with Gasteiger partial charge in [0.05, 0.1) is 6.61 Å². The molecule has 0 N–H and O–H groups in total. The second-order valence-corrected chi connectivity index (χ2v) is 2.88. The first-order valence-electron chi connectivity index (χ1n) is 5.10. The van der Waals surface area contributed by atoms with Crippen molar-refractivity contribution >= 4 is 5.97 Å². The van der Waals surface area contributed by atoms with Gasteiger partial charge in [-0.15, -0.1) is 0 Å². The lowest BCUT2D eigenvalue weighted by Gasteiger charge is -1.97. The van der Waals surface area contributed by atoms with Gasteiger partial charge in [-0.3, -0.25) is 0 Å². The molecule has 0 radical (unpaired) electrons. The summed E-state index contributed by atoms with van der Waals surface area (Å²) >= 11 is 0. The molecule has 0 spiro atoms. The lowest BCUT2D eigenvalue weighted by molar-refractivity contribution is -0.137. The Kier molecular flexibility index (Phi) is 9.41. The SMILES string of the molecule is C=CC(=O)OCCCC.c1ccccc1. The summed E-state index contributed by atoms with van der Waals surface area (Å²) in [5, 5.41) is 0. The number of esters is 1. The van der Waals surface area contributed by atoms with Gasteiger partial charge in [0.25, 0.3) is 0 Å². The van der Waals surface area contributed by atoms with Crippen molar-refractivity contribution in [2.45, 2.75) is 19.8 Å². The molecule has 0 heterocycles. The average molecular weight is 206 g/mol. The van der Waals surface area contributed by atoms with Crippen LogP contribution in [0.25, 0.3) is 0 Å². The van der Waals surface area contributed by atoms with Crippen molar-refractivity contribution in [1.82, 2.24) is 0 Å². The molecule has 0 saturated carbocycles. The fourth-order valence-electron chi connectivity index (χ4n) is 0.761. The number of unbranched alkanes of at least 4 members (excludes halogenated alkanes) is 1. The summed E-state index contributed by atoms with van der Waals surface area (Å²) in [6, 6.07) is 12.0. The van der Waals surface area contributed by atoms with E-state index in [-0.39, 0.29) is 5.97 Å². The van der Waals surface area contributed by atoms with Gasteiger partial charge < -0.3 is 4.74 Å². The molecule has 15 heavy (non-hydrogen) atoms. The summed E-state index contributed by atoms with van der Waals surface area (Å²) in [6.45, 7) is 5.82. The van der Waals surface area contributed by atoms with Crippen LogP contribution in [0.1, 0.15) is 19.8 Å². The van der Waals surface area contributed by atoms with E-state index in [9.17, 15) is 4.79 Å². The zero-order chi connectivity index (χ0) is 11.4. The second-order valence-electron chi connectivity index (χ2n) is 2.88. The Hall–Kier alpha value is -1.57. The van der Waals surface area contributed by atoms with Crippen LogP contribution < -0.4 is 0 Å². The molecule has 2 nitrogen and oxygen atoms in total. The highest BCUT2D eigenvalue weighted by Gasteiger charge is 1.91. The lowest BCUT2D eigenvalue weighted by atomic mass is 10.4. The van der Waals surface area contributed by atoms with Gasteiger partial charge in [-0.1, -0.05) is 56.3 Å². The third-order valence-corrected chi connectivity index (χ3v) is 1.58. The predicted molar refractivity (Wildman–Crippen MR) is 62.5 cm³/mol. The summed E-state index contributed by atoms with van der Waals surface area (Å²) in [5.74, 6) is -0.330. The third-order valence-electron chi connectivity index (χ3n) is 1.58. The minimum Gasteiger partial charge on any atom is -0.463 e. The molecule has 1 aromatic rings. The van der Waals surface area contributed by atoms with E-state index in [4.69, 9.17) is 0 Å². The summed E-state index contributed by atoms with van der Waals surface area (Å²) in [7, 11) is 0. The Morgan fingerprint density at radius 1 is 1.20 bits per heavy atom. The number of hydrogen-bond donors (Lipinski definition) is 0. The van der Waals surface area contributed by atoms with Crippen LogP contribution in [0, 0.1) is 0 Å². The van der Waals surface area contributed by atoms with Gasteiger partial charge in [-0.05, 0) is 6.42 Å². The van der Waals surface area contributed by atoms with Crippen molar-refractivity contribution in [2.75, 3.05) is 6.61 Å². The Bertz CT molecular complexity index is 228. The van der Waals surface area contributed by atoms with Gasteiger partial charge in [0.15, 0.2) is 0 Å². The molecule has 0 unspecified atom stereocenters. The fraction of sp³-hybridized carbons (Fsp3) is 0.308. The van der Waals surface area contributed by atoms with Crippen LogP contribution in [0.2, 0.25) is 0 Å². The standard InChI is InChI=1S/C7H12O2.C6H6/c1-3-5-6-9-7(8)4-2;1-2-4-6-5-3-1/h4H,2-3,5-6H2,1H3;1-6H. The number of carbonyl (C=O) groups excluding carboxylic acids is 1. The summed E-state index contributed by atoms with van der Waals surface area (Å²) in [4.78, 5) is 10.3. The van der Waals surface area contributed by atoms with Crippen molar-refractivity contribution in [1.29, 1.82) is 0 Å². The molecular formula is C13H18O2. The van der Waals surface area contributed by atoms with E-state index >= 15 is 0 Å². The van der Waals surface area contributed by atoms with Gasteiger partial charge in [-0.25, -0.2) is 4.79 Å². The van der Waals surface area contributed by atoms with E-state index in [2.05, 4.69) is 11.3 Å². The molecule has 1 aromatic carbocycles. The van der Waals surface area contributed by atoms with E-state index in [1.54, 1.807) is 0 Å². The normalized spacial score (nSPS) is 8.33. The number of hydrogen-bond acceptors (Lipinski definition) is 2. The molecule has 0 amide bonds. The molecule has 0 atom stereocenters. The highest BCUT2D eigenvalue weighted by atomic mass is 16.5. The largest absolute Gasteiger partial charge is 0.463 e. The Labute approximate surface area is 91.6 Å². The molecule has 0 bridgehead atoms. The minimum atomic E-state index is -0.330. The third kappa shape index (κ3) is 10.4. The van der Waals surface area contributed by atoms with E-state index in [0.29, 0.717) is 6.61 Å². The van der Waals surface area contributed by atoms with Gasteiger partial charge in [0, 0.05) is 6.08 Å². The first-order chi connectivity index (χ1) is 7.31. The number of ether oxygens (including phenoxy) is 1. The molecule has 0 aliphatic carbocycles. The fourth-order valence-corrected chi connectivity index (χ4v) is 0.761. The van der Waals surface area contributed by atoms with Gasteiger partial charge in [0.2, 0.25) is 0 Å². The van der Waals surface area contributed by atoms with Crippen molar-refractivity contribution in [3.05, 3.63) is 49.1 Å². The zero-order valence-corrected chi connectivity index (χ0v) is 9.19. The molecule has 0 aliphatic heterocycles. The van der Waals surface area contributed by atoms with Gasteiger partial charge in [0.1, 0.15) is 0 Å². The minimum absolute atomic E-state index is 0.330. The smallest absolute Gasteiger partial charge is 0.330 e. The van der Waals surface area contributed by atoms with Crippen molar-refractivity contribution in [3.8, 4) is 0 Å². The monoisotopic (exact) mass is 206 g/mol. The number of rotatable bonds is 4. The molecule has 0 fully saturated rings. The van der Waals surface area contributed by atoms with Crippen molar-refractivity contribution in [2.24, 2.45) is 0 Å². The highest BCUT2D eigenvalue weighted by molar-refractivity contribution is 5.81. The van der Waals surface area contributed by atoms with E-state index in [1.165, 1.54) is 6.08 Å². The van der Waals surface area contributed by atoms with Gasteiger partial charge in [-0.2, -0.15) is 0 Å². The topological polar surface area (TPSA) is 26.3 Å². The van der Waals surface area contributed by atoms with Crippen LogP contribution in [0.4, 0.5) is 0 Å². The van der Waals surface area contributed by atoms with Gasteiger partial charge >= 0.3 is 5.97 Å². The number of benzene rings is 1. The molecule has 2 heteroatoms. The van der Waals surface area contributed by atoms with Crippen LogP contribution in [-0.4, -0.2) is 12.6 Å². The quantitative estimate of drug-likeness (QED) is 0.429. The van der Waals surface area contributed by atoms with Crippen LogP contribution in [0.5, 0.6) is 0 Å². The maximum Gasteiger partial charge on any atom is 0.330 e.